The van der Waals surface area contributed by atoms with Gasteiger partial charge in [0.05, 0.1) is 6.10 Å². The molecule has 2 rings (SSSR count). The molecule has 1 aliphatic rings. The van der Waals surface area contributed by atoms with Crippen molar-refractivity contribution in [2.75, 3.05) is 6.54 Å². The monoisotopic (exact) mass is 251 g/mol. The van der Waals surface area contributed by atoms with Gasteiger partial charge in [-0.2, -0.15) is 0 Å². The summed E-state index contributed by atoms with van der Waals surface area (Å²) in [7, 11) is 0. The fraction of sp³-hybridized carbons (Fsp3) is 0.600. The molecular weight excluding hydrogens is 229 g/mol. The maximum atomic E-state index is 13.1. The van der Waals surface area contributed by atoms with Crippen molar-refractivity contribution in [2.24, 2.45) is 0 Å². The van der Waals surface area contributed by atoms with E-state index in [1.165, 1.54) is 18.9 Å². The Morgan fingerprint density at radius 2 is 2.22 bits per heavy atom. The van der Waals surface area contributed by atoms with Crippen molar-refractivity contribution >= 4 is 0 Å². The van der Waals surface area contributed by atoms with Crippen LogP contribution in [0.3, 0.4) is 0 Å². The molecule has 1 unspecified atom stereocenters. The largest absolute Gasteiger partial charge is 0.491 e. The molecule has 1 aliphatic carbocycles. The Labute approximate surface area is 109 Å². The highest BCUT2D eigenvalue weighted by Gasteiger charge is 2.19. The minimum Gasteiger partial charge on any atom is -0.491 e. The second-order valence-corrected chi connectivity index (χ2v) is 5.21. The van der Waals surface area contributed by atoms with Crippen molar-refractivity contribution in [1.29, 1.82) is 0 Å². The van der Waals surface area contributed by atoms with Gasteiger partial charge in [0.1, 0.15) is 11.6 Å². The molecule has 3 heteroatoms. The molecule has 0 saturated heterocycles. The fourth-order valence-corrected chi connectivity index (χ4v) is 1.96. The van der Waals surface area contributed by atoms with Crippen LogP contribution in [0.25, 0.3) is 0 Å². The SMILES string of the molecule is Cc1cc(OC(C)CCCNC2CC2)ccc1F. The first-order chi connectivity index (χ1) is 8.65. The highest BCUT2D eigenvalue weighted by atomic mass is 19.1. The molecule has 1 N–H and O–H groups in total. The van der Waals surface area contributed by atoms with Crippen molar-refractivity contribution in [1.82, 2.24) is 5.32 Å². The number of rotatable bonds is 7. The van der Waals surface area contributed by atoms with Gasteiger partial charge in [0, 0.05) is 6.04 Å². The first-order valence-corrected chi connectivity index (χ1v) is 6.81. The quantitative estimate of drug-likeness (QED) is 0.750. The highest BCUT2D eigenvalue weighted by molar-refractivity contribution is 5.28. The molecular formula is C15H22FNO. The van der Waals surface area contributed by atoms with Crippen LogP contribution in [-0.4, -0.2) is 18.7 Å². The summed E-state index contributed by atoms with van der Waals surface area (Å²) in [6.07, 6.45) is 4.99. The third kappa shape index (κ3) is 4.30. The summed E-state index contributed by atoms with van der Waals surface area (Å²) in [5.74, 6) is 0.584. The van der Waals surface area contributed by atoms with E-state index in [9.17, 15) is 4.39 Å². The van der Waals surface area contributed by atoms with Gasteiger partial charge in [-0.3, -0.25) is 0 Å². The summed E-state index contributed by atoms with van der Waals surface area (Å²) in [5, 5.41) is 3.49. The molecule has 0 bridgehead atoms. The molecule has 0 aromatic heterocycles. The Morgan fingerprint density at radius 3 is 2.89 bits per heavy atom. The average Bonchev–Trinajstić information content (AvgIpc) is 3.14. The van der Waals surface area contributed by atoms with Gasteiger partial charge in [-0.1, -0.05) is 0 Å². The van der Waals surface area contributed by atoms with Crippen molar-refractivity contribution < 1.29 is 9.13 Å². The van der Waals surface area contributed by atoms with Crippen LogP contribution >= 0.6 is 0 Å². The summed E-state index contributed by atoms with van der Waals surface area (Å²) >= 11 is 0. The molecule has 18 heavy (non-hydrogen) atoms. The molecule has 1 fully saturated rings. The second-order valence-electron chi connectivity index (χ2n) is 5.21. The van der Waals surface area contributed by atoms with Crippen LogP contribution in [-0.2, 0) is 0 Å². The van der Waals surface area contributed by atoms with Gasteiger partial charge < -0.3 is 10.1 Å². The van der Waals surface area contributed by atoms with E-state index in [2.05, 4.69) is 12.2 Å². The highest BCUT2D eigenvalue weighted by Crippen LogP contribution is 2.20. The van der Waals surface area contributed by atoms with Crippen molar-refractivity contribution in [2.45, 2.75) is 51.7 Å². The lowest BCUT2D eigenvalue weighted by molar-refractivity contribution is 0.207. The second kappa shape index (κ2) is 6.19. The van der Waals surface area contributed by atoms with E-state index < -0.39 is 0 Å². The predicted octanol–water partition coefficient (Wildman–Crippen LogP) is 3.43. The molecule has 0 heterocycles. The minimum atomic E-state index is -0.177. The normalized spacial score (nSPS) is 16.6. The van der Waals surface area contributed by atoms with Crippen LogP contribution in [0.5, 0.6) is 5.75 Å². The Bertz CT molecular complexity index is 390. The Morgan fingerprint density at radius 1 is 1.44 bits per heavy atom. The minimum absolute atomic E-state index is 0.177. The van der Waals surface area contributed by atoms with E-state index in [1.54, 1.807) is 19.1 Å². The standard InChI is InChI=1S/C15H22FNO/c1-11-10-14(7-8-15(11)16)18-12(2)4-3-9-17-13-5-6-13/h7-8,10,12-13,17H,3-6,9H2,1-2H3. The third-order valence-electron chi connectivity index (χ3n) is 3.26. The van der Waals surface area contributed by atoms with Gasteiger partial charge in [-0.05, 0) is 69.8 Å². The molecule has 1 atom stereocenters. The summed E-state index contributed by atoms with van der Waals surface area (Å²) in [5.41, 5.74) is 0.634. The number of halogens is 1. The topological polar surface area (TPSA) is 21.3 Å². The number of aryl methyl sites for hydroxylation is 1. The molecule has 0 spiro atoms. The molecule has 1 aromatic rings. The van der Waals surface area contributed by atoms with Crippen LogP contribution in [0.4, 0.5) is 4.39 Å². The summed E-state index contributed by atoms with van der Waals surface area (Å²) < 4.78 is 18.9. The van der Waals surface area contributed by atoms with Gasteiger partial charge in [0.15, 0.2) is 0 Å². The van der Waals surface area contributed by atoms with Gasteiger partial charge in [-0.25, -0.2) is 4.39 Å². The molecule has 0 radical (unpaired) electrons. The van der Waals surface area contributed by atoms with E-state index >= 15 is 0 Å². The molecule has 100 valence electrons. The number of hydrogen-bond acceptors (Lipinski definition) is 2. The molecule has 1 aromatic carbocycles. The molecule has 0 amide bonds. The van der Waals surface area contributed by atoms with Crippen LogP contribution in [0, 0.1) is 12.7 Å². The number of hydrogen-bond donors (Lipinski definition) is 1. The van der Waals surface area contributed by atoms with Crippen LogP contribution in [0.1, 0.15) is 38.2 Å². The lowest BCUT2D eigenvalue weighted by Crippen LogP contribution is -2.20. The molecule has 0 aliphatic heterocycles. The van der Waals surface area contributed by atoms with E-state index in [0.717, 1.165) is 31.2 Å². The predicted molar refractivity (Wildman–Crippen MR) is 71.5 cm³/mol. The van der Waals surface area contributed by atoms with Crippen molar-refractivity contribution in [3.63, 3.8) is 0 Å². The Kier molecular flexibility index (Phi) is 4.59. The first-order valence-electron chi connectivity index (χ1n) is 6.81. The first kappa shape index (κ1) is 13.3. The van der Waals surface area contributed by atoms with Crippen LogP contribution in [0.2, 0.25) is 0 Å². The third-order valence-corrected chi connectivity index (χ3v) is 3.26. The molecule has 2 nitrogen and oxygen atoms in total. The maximum Gasteiger partial charge on any atom is 0.126 e. The van der Waals surface area contributed by atoms with Crippen molar-refractivity contribution in [3.8, 4) is 5.75 Å². The van der Waals surface area contributed by atoms with E-state index in [-0.39, 0.29) is 11.9 Å². The van der Waals surface area contributed by atoms with E-state index in [4.69, 9.17) is 4.74 Å². The summed E-state index contributed by atoms with van der Waals surface area (Å²) in [4.78, 5) is 0. The van der Waals surface area contributed by atoms with Gasteiger partial charge in [0.25, 0.3) is 0 Å². The maximum absolute atomic E-state index is 13.1. The fourth-order valence-electron chi connectivity index (χ4n) is 1.96. The zero-order chi connectivity index (χ0) is 13.0. The lowest BCUT2D eigenvalue weighted by Gasteiger charge is -2.15. The smallest absolute Gasteiger partial charge is 0.126 e. The van der Waals surface area contributed by atoms with E-state index in [1.807, 2.05) is 0 Å². The van der Waals surface area contributed by atoms with Gasteiger partial charge in [0.2, 0.25) is 0 Å². The van der Waals surface area contributed by atoms with Crippen LogP contribution < -0.4 is 10.1 Å². The average molecular weight is 251 g/mol. The van der Waals surface area contributed by atoms with Gasteiger partial charge >= 0.3 is 0 Å². The van der Waals surface area contributed by atoms with Gasteiger partial charge in [-0.15, -0.1) is 0 Å². The Hall–Kier alpha value is -1.09. The summed E-state index contributed by atoms with van der Waals surface area (Å²) in [6.45, 7) is 4.89. The summed E-state index contributed by atoms with van der Waals surface area (Å²) in [6, 6.07) is 5.70. The van der Waals surface area contributed by atoms with Crippen LogP contribution in [0.15, 0.2) is 18.2 Å². The Balaban J connectivity index is 1.68. The number of nitrogens with one attached hydrogen (secondary N) is 1. The zero-order valence-electron chi connectivity index (χ0n) is 11.2. The zero-order valence-corrected chi connectivity index (χ0v) is 11.2. The molecule has 1 saturated carbocycles. The van der Waals surface area contributed by atoms with E-state index in [0.29, 0.717) is 5.56 Å². The van der Waals surface area contributed by atoms with Crippen molar-refractivity contribution in [3.05, 3.63) is 29.6 Å². The number of ether oxygens (including phenoxy) is 1. The number of benzene rings is 1. The lowest BCUT2D eigenvalue weighted by atomic mass is 10.2.